The molecule has 0 saturated carbocycles. The Kier molecular flexibility index (Phi) is 4.74. The van der Waals surface area contributed by atoms with Gasteiger partial charge in [-0.3, -0.25) is 4.79 Å². The third kappa shape index (κ3) is 3.52. The van der Waals surface area contributed by atoms with Crippen molar-refractivity contribution in [1.82, 2.24) is 10.2 Å². The molecule has 1 N–H and O–H groups in total. The van der Waals surface area contributed by atoms with Gasteiger partial charge in [-0.2, -0.15) is 0 Å². The largest absolute Gasteiger partial charge is 0.342 e. The predicted octanol–water partition coefficient (Wildman–Crippen LogP) is 0.802. The van der Waals surface area contributed by atoms with Gasteiger partial charge in [0, 0.05) is 32.1 Å². The molecule has 0 aromatic heterocycles. The molecule has 1 unspecified atom stereocenters. The molecule has 0 bridgehead atoms. The summed E-state index contributed by atoms with van der Waals surface area (Å²) in [6, 6.07) is -0.209. The van der Waals surface area contributed by atoms with E-state index in [1.165, 1.54) is 0 Å². The first-order valence-corrected chi connectivity index (χ1v) is 9.43. The van der Waals surface area contributed by atoms with Gasteiger partial charge in [0.1, 0.15) is 0 Å². The smallest absolute Gasteiger partial charge is 0.224 e. The Morgan fingerprint density at radius 3 is 2.60 bits per heavy atom. The molecule has 0 aromatic rings. The maximum atomic E-state index is 12.3. The topological polar surface area (TPSA) is 66.5 Å². The second kappa shape index (κ2) is 6.02. The molecule has 0 aliphatic carbocycles. The SMILES string of the molecule is CCC1(CC)CCN(C(=O)CC2CS(=O)(=O)CCN2)C1. The van der Waals surface area contributed by atoms with E-state index in [1.54, 1.807) is 0 Å². The summed E-state index contributed by atoms with van der Waals surface area (Å²) >= 11 is 0. The van der Waals surface area contributed by atoms with Gasteiger partial charge in [0.05, 0.1) is 11.5 Å². The Bertz CT molecular complexity index is 457. The van der Waals surface area contributed by atoms with E-state index in [9.17, 15) is 13.2 Å². The number of carbonyl (C=O) groups excluding carboxylic acids is 1. The van der Waals surface area contributed by atoms with Gasteiger partial charge in [-0.05, 0) is 24.7 Å². The Hall–Kier alpha value is -0.620. The first kappa shape index (κ1) is 15.8. The minimum Gasteiger partial charge on any atom is -0.342 e. The molecule has 5 nitrogen and oxygen atoms in total. The zero-order valence-electron chi connectivity index (χ0n) is 12.5. The van der Waals surface area contributed by atoms with Crippen molar-refractivity contribution in [2.45, 2.75) is 45.6 Å². The van der Waals surface area contributed by atoms with Crippen molar-refractivity contribution in [3.8, 4) is 0 Å². The van der Waals surface area contributed by atoms with E-state index in [0.717, 1.165) is 32.4 Å². The van der Waals surface area contributed by atoms with E-state index in [4.69, 9.17) is 0 Å². The highest BCUT2D eigenvalue weighted by molar-refractivity contribution is 7.91. The summed E-state index contributed by atoms with van der Waals surface area (Å²) in [6.07, 6.45) is 3.58. The molecule has 0 aromatic carbocycles. The van der Waals surface area contributed by atoms with Crippen LogP contribution < -0.4 is 5.32 Å². The van der Waals surface area contributed by atoms with Crippen molar-refractivity contribution in [3.05, 3.63) is 0 Å². The number of likely N-dealkylation sites (tertiary alicyclic amines) is 1. The van der Waals surface area contributed by atoms with Crippen LogP contribution in [0.25, 0.3) is 0 Å². The summed E-state index contributed by atoms with van der Waals surface area (Å²) in [5.74, 6) is 0.388. The third-order valence-electron chi connectivity index (χ3n) is 5.01. The first-order chi connectivity index (χ1) is 9.40. The van der Waals surface area contributed by atoms with E-state index in [-0.39, 0.29) is 28.9 Å². The van der Waals surface area contributed by atoms with Crippen LogP contribution in [0.5, 0.6) is 0 Å². The van der Waals surface area contributed by atoms with Crippen LogP contribution in [0.15, 0.2) is 0 Å². The zero-order valence-corrected chi connectivity index (χ0v) is 13.3. The lowest BCUT2D eigenvalue weighted by atomic mass is 9.82. The average molecular weight is 302 g/mol. The van der Waals surface area contributed by atoms with Crippen molar-refractivity contribution in [2.24, 2.45) is 5.41 Å². The van der Waals surface area contributed by atoms with Crippen LogP contribution in [0.2, 0.25) is 0 Å². The van der Waals surface area contributed by atoms with E-state index in [1.807, 2.05) is 4.90 Å². The molecule has 2 aliphatic heterocycles. The normalized spacial score (nSPS) is 28.5. The number of sulfone groups is 1. The fourth-order valence-electron chi connectivity index (χ4n) is 3.31. The average Bonchev–Trinajstić information content (AvgIpc) is 2.83. The summed E-state index contributed by atoms with van der Waals surface area (Å²) in [6.45, 7) is 6.49. The fourth-order valence-corrected chi connectivity index (χ4v) is 4.76. The highest BCUT2D eigenvalue weighted by Crippen LogP contribution is 2.37. The van der Waals surface area contributed by atoms with Crippen molar-refractivity contribution in [3.63, 3.8) is 0 Å². The molecule has 116 valence electrons. The maximum absolute atomic E-state index is 12.3. The van der Waals surface area contributed by atoms with Crippen LogP contribution in [0, 0.1) is 5.41 Å². The summed E-state index contributed by atoms with van der Waals surface area (Å²) < 4.78 is 23.2. The van der Waals surface area contributed by atoms with Crippen LogP contribution >= 0.6 is 0 Å². The van der Waals surface area contributed by atoms with Gasteiger partial charge in [-0.15, -0.1) is 0 Å². The van der Waals surface area contributed by atoms with Crippen LogP contribution in [-0.4, -0.2) is 56.4 Å². The summed E-state index contributed by atoms with van der Waals surface area (Å²) in [5.41, 5.74) is 0.279. The molecule has 20 heavy (non-hydrogen) atoms. The van der Waals surface area contributed by atoms with Gasteiger partial charge in [-0.25, -0.2) is 8.42 Å². The molecule has 2 saturated heterocycles. The Balaban J connectivity index is 1.90. The van der Waals surface area contributed by atoms with Gasteiger partial charge in [0.2, 0.25) is 5.91 Å². The summed E-state index contributed by atoms with van der Waals surface area (Å²) in [5, 5.41) is 3.15. The molecule has 0 radical (unpaired) electrons. The van der Waals surface area contributed by atoms with Crippen molar-refractivity contribution in [1.29, 1.82) is 0 Å². The second-order valence-electron chi connectivity index (χ2n) is 6.24. The van der Waals surface area contributed by atoms with Gasteiger partial charge in [-0.1, -0.05) is 13.8 Å². The predicted molar refractivity (Wildman–Crippen MR) is 79.3 cm³/mol. The summed E-state index contributed by atoms with van der Waals surface area (Å²) in [4.78, 5) is 14.3. The Labute approximate surface area is 122 Å². The van der Waals surface area contributed by atoms with E-state index < -0.39 is 9.84 Å². The van der Waals surface area contributed by atoms with E-state index >= 15 is 0 Å². The molecular formula is C14H26N2O3S. The van der Waals surface area contributed by atoms with Crippen molar-refractivity contribution >= 4 is 15.7 Å². The van der Waals surface area contributed by atoms with Crippen LogP contribution in [0.4, 0.5) is 0 Å². The highest BCUT2D eigenvalue weighted by atomic mass is 32.2. The lowest BCUT2D eigenvalue weighted by molar-refractivity contribution is -0.131. The molecule has 2 aliphatic rings. The quantitative estimate of drug-likeness (QED) is 0.834. The van der Waals surface area contributed by atoms with Crippen LogP contribution in [0.1, 0.15) is 39.5 Å². The summed E-state index contributed by atoms with van der Waals surface area (Å²) in [7, 11) is -2.97. The molecular weight excluding hydrogens is 276 g/mol. The Morgan fingerprint density at radius 2 is 2.05 bits per heavy atom. The third-order valence-corrected chi connectivity index (χ3v) is 6.75. The van der Waals surface area contributed by atoms with Crippen LogP contribution in [0.3, 0.4) is 0 Å². The van der Waals surface area contributed by atoms with E-state index in [0.29, 0.717) is 13.0 Å². The number of hydrogen-bond donors (Lipinski definition) is 1. The first-order valence-electron chi connectivity index (χ1n) is 7.61. The maximum Gasteiger partial charge on any atom is 0.224 e. The molecule has 2 rings (SSSR count). The second-order valence-corrected chi connectivity index (χ2v) is 8.47. The molecule has 2 fully saturated rings. The molecule has 2 heterocycles. The number of nitrogens with one attached hydrogen (secondary N) is 1. The number of amides is 1. The van der Waals surface area contributed by atoms with Gasteiger partial charge < -0.3 is 10.2 Å². The Morgan fingerprint density at radius 1 is 1.35 bits per heavy atom. The van der Waals surface area contributed by atoms with Crippen molar-refractivity contribution in [2.75, 3.05) is 31.1 Å². The minimum absolute atomic E-state index is 0.0965. The molecule has 1 amide bonds. The standard InChI is InChI=1S/C14H26N2O3S/c1-3-14(4-2)5-7-16(11-14)13(17)9-12-10-20(18,19)8-6-15-12/h12,15H,3-11H2,1-2H3. The zero-order chi connectivity index (χ0) is 14.8. The number of rotatable bonds is 4. The van der Waals surface area contributed by atoms with Gasteiger partial charge >= 0.3 is 0 Å². The number of nitrogens with zero attached hydrogens (tertiary/aromatic N) is 1. The molecule has 1 atom stereocenters. The van der Waals surface area contributed by atoms with E-state index in [2.05, 4.69) is 19.2 Å². The number of carbonyl (C=O) groups is 1. The molecule has 0 spiro atoms. The lowest BCUT2D eigenvalue weighted by Gasteiger charge is -2.28. The molecule has 6 heteroatoms. The van der Waals surface area contributed by atoms with Gasteiger partial charge in [0.15, 0.2) is 9.84 Å². The lowest BCUT2D eigenvalue weighted by Crippen LogP contribution is -2.47. The van der Waals surface area contributed by atoms with Gasteiger partial charge in [0.25, 0.3) is 0 Å². The number of hydrogen-bond acceptors (Lipinski definition) is 4. The van der Waals surface area contributed by atoms with Crippen molar-refractivity contribution < 1.29 is 13.2 Å². The van der Waals surface area contributed by atoms with Crippen LogP contribution in [-0.2, 0) is 14.6 Å². The fraction of sp³-hybridized carbons (Fsp3) is 0.929. The minimum atomic E-state index is -2.97. The highest BCUT2D eigenvalue weighted by Gasteiger charge is 2.37. The monoisotopic (exact) mass is 302 g/mol.